The lowest BCUT2D eigenvalue weighted by Crippen LogP contribution is -2.17. The van der Waals surface area contributed by atoms with Crippen LogP contribution in [0.3, 0.4) is 0 Å². The predicted octanol–water partition coefficient (Wildman–Crippen LogP) is 0.508. The Hall–Kier alpha value is -1.14. The molecule has 0 bridgehead atoms. The molecule has 1 fully saturated rings. The van der Waals surface area contributed by atoms with Crippen LogP contribution in [0.15, 0.2) is 4.42 Å². The standard InChI is InChI=1S/C9H16N4O2/c1-14-7-3-2-6(4-7)11-9-13-12-8(5-10)15-9/h6-7H,2-5,10H2,1H3,(H,11,13). The van der Waals surface area contributed by atoms with Gasteiger partial charge in [0, 0.05) is 13.2 Å². The van der Waals surface area contributed by atoms with Crippen molar-refractivity contribution < 1.29 is 9.15 Å². The summed E-state index contributed by atoms with van der Waals surface area (Å²) in [4.78, 5) is 0. The number of nitrogens with two attached hydrogens (primary N) is 1. The van der Waals surface area contributed by atoms with Crippen LogP contribution in [0.4, 0.5) is 6.01 Å². The summed E-state index contributed by atoms with van der Waals surface area (Å²) in [5, 5.41) is 10.8. The Morgan fingerprint density at radius 3 is 3.00 bits per heavy atom. The number of nitrogens with zero attached hydrogens (tertiary/aromatic N) is 2. The molecule has 0 radical (unpaired) electrons. The van der Waals surface area contributed by atoms with Crippen LogP contribution in [0.25, 0.3) is 0 Å². The van der Waals surface area contributed by atoms with Crippen LogP contribution >= 0.6 is 0 Å². The third-order valence-corrected chi connectivity index (χ3v) is 2.69. The van der Waals surface area contributed by atoms with Gasteiger partial charge in [0.15, 0.2) is 0 Å². The quantitative estimate of drug-likeness (QED) is 0.756. The highest BCUT2D eigenvalue weighted by Crippen LogP contribution is 2.24. The van der Waals surface area contributed by atoms with Crippen LogP contribution < -0.4 is 11.1 Å². The van der Waals surface area contributed by atoms with Gasteiger partial charge in [0.2, 0.25) is 5.89 Å². The summed E-state index contributed by atoms with van der Waals surface area (Å²) >= 11 is 0. The molecule has 0 aliphatic heterocycles. The van der Waals surface area contributed by atoms with Gasteiger partial charge in [-0.25, -0.2) is 0 Å². The normalized spacial score (nSPS) is 25.7. The number of methoxy groups -OCH3 is 1. The summed E-state index contributed by atoms with van der Waals surface area (Å²) in [6.07, 6.45) is 3.47. The Labute approximate surface area is 88.2 Å². The van der Waals surface area contributed by atoms with Crippen molar-refractivity contribution in [3.05, 3.63) is 5.89 Å². The molecule has 15 heavy (non-hydrogen) atoms. The molecule has 0 amide bonds. The number of aromatic nitrogens is 2. The smallest absolute Gasteiger partial charge is 0.315 e. The van der Waals surface area contributed by atoms with Gasteiger partial charge >= 0.3 is 6.01 Å². The van der Waals surface area contributed by atoms with Gasteiger partial charge in [-0.2, -0.15) is 0 Å². The zero-order chi connectivity index (χ0) is 10.7. The van der Waals surface area contributed by atoms with Gasteiger partial charge in [-0.15, -0.1) is 5.10 Å². The summed E-state index contributed by atoms with van der Waals surface area (Å²) in [6.45, 7) is 0.278. The van der Waals surface area contributed by atoms with Crippen molar-refractivity contribution in [3.63, 3.8) is 0 Å². The molecule has 0 aromatic carbocycles. The van der Waals surface area contributed by atoms with Gasteiger partial charge < -0.3 is 20.2 Å². The largest absolute Gasteiger partial charge is 0.407 e. The molecule has 84 valence electrons. The molecule has 2 unspecified atom stereocenters. The number of rotatable bonds is 4. The molecule has 6 nitrogen and oxygen atoms in total. The zero-order valence-electron chi connectivity index (χ0n) is 8.77. The lowest BCUT2D eigenvalue weighted by atomic mass is 10.2. The van der Waals surface area contributed by atoms with E-state index in [1.807, 2.05) is 0 Å². The second-order valence-corrected chi connectivity index (χ2v) is 3.72. The van der Waals surface area contributed by atoms with Crippen molar-refractivity contribution in [2.24, 2.45) is 5.73 Å². The SMILES string of the molecule is COC1CCC(Nc2nnc(CN)o2)C1. The van der Waals surface area contributed by atoms with Gasteiger partial charge in [-0.05, 0) is 19.3 Å². The van der Waals surface area contributed by atoms with Crippen molar-refractivity contribution in [2.75, 3.05) is 12.4 Å². The van der Waals surface area contributed by atoms with E-state index in [1.165, 1.54) is 0 Å². The van der Waals surface area contributed by atoms with E-state index in [-0.39, 0.29) is 6.54 Å². The van der Waals surface area contributed by atoms with Crippen LogP contribution in [-0.2, 0) is 11.3 Å². The Morgan fingerprint density at radius 2 is 2.40 bits per heavy atom. The molecule has 0 spiro atoms. The van der Waals surface area contributed by atoms with E-state index in [9.17, 15) is 0 Å². The maximum atomic E-state index is 5.37. The van der Waals surface area contributed by atoms with Crippen molar-refractivity contribution >= 4 is 6.01 Å². The van der Waals surface area contributed by atoms with Crippen LogP contribution in [-0.4, -0.2) is 29.5 Å². The topological polar surface area (TPSA) is 86.2 Å². The van der Waals surface area contributed by atoms with E-state index >= 15 is 0 Å². The van der Waals surface area contributed by atoms with Crippen molar-refractivity contribution in [2.45, 2.75) is 38.0 Å². The summed E-state index contributed by atoms with van der Waals surface area (Å²) in [5.74, 6) is 0.457. The molecule has 1 saturated carbocycles. The van der Waals surface area contributed by atoms with Crippen molar-refractivity contribution in [3.8, 4) is 0 Å². The Bertz CT molecular complexity index is 315. The minimum absolute atomic E-state index is 0.278. The molecule has 2 rings (SSSR count). The van der Waals surface area contributed by atoms with Gasteiger partial charge in [-0.1, -0.05) is 5.10 Å². The molecule has 2 atom stereocenters. The first-order valence-electron chi connectivity index (χ1n) is 5.13. The number of anilines is 1. The average molecular weight is 212 g/mol. The first-order valence-corrected chi connectivity index (χ1v) is 5.13. The summed E-state index contributed by atoms with van der Waals surface area (Å²) in [5.41, 5.74) is 5.37. The first-order chi connectivity index (χ1) is 7.31. The third kappa shape index (κ3) is 2.45. The van der Waals surface area contributed by atoms with E-state index in [2.05, 4.69) is 15.5 Å². The lowest BCUT2D eigenvalue weighted by Gasteiger charge is -2.09. The highest BCUT2D eigenvalue weighted by atomic mass is 16.5. The van der Waals surface area contributed by atoms with E-state index in [1.54, 1.807) is 7.11 Å². The van der Waals surface area contributed by atoms with Gasteiger partial charge in [0.25, 0.3) is 0 Å². The van der Waals surface area contributed by atoms with E-state index in [4.69, 9.17) is 14.9 Å². The second-order valence-electron chi connectivity index (χ2n) is 3.72. The number of hydrogen-bond donors (Lipinski definition) is 2. The lowest BCUT2D eigenvalue weighted by molar-refractivity contribution is 0.108. The summed E-state index contributed by atoms with van der Waals surface area (Å²) < 4.78 is 10.5. The Morgan fingerprint density at radius 1 is 1.53 bits per heavy atom. The molecule has 3 N–H and O–H groups in total. The Balaban J connectivity index is 1.87. The van der Waals surface area contributed by atoms with E-state index < -0.39 is 0 Å². The molecule has 1 aromatic rings. The van der Waals surface area contributed by atoms with Crippen molar-refractivity contribution in [1.29, 1.82) is 0 Å². The first kappa shape index (κ1) is 10.4. The second kappa shape index (κ2) is 4.59. The molecule has 0 saturated heterocycles. The van der Waals surface area contributed by atoms with Crippen LogP contribution in [0.5, 0.6) is 0 Å². The maximum Gasteiger partial charge on any atom is 0.315 e. The predicted molar refractivity (Wildman–Crippen MR) is 54.2 cm³/mol. The van der Waals surface area contributed by atoms with Crippen LogP contribution in [0, 0.1) is 0 Å². The number of hydrogen-bond acceptors (Lipinski definition) is 6. The van der Waals surface area contributed by atoms with Crippen LogP contribution in [0.1, 0.15) is 25.2 Å². The monoisotopic (exact) mass is 212 g/mol. The fourth-order valence-electron chi connectivity index (χ4n) is 1.85. The van der Waals surface area contributed by atoms with Gasteiger partial charge in [0.05, 0.1) is 12.6 Å². The molecule has 1 aromatic heterocycles. The van der Waals surface area contributed by atoms with E-state index in [0.29, 0.717) is 24.1 Å². The number of nitrogens with one attached hydrogen (secondary N) is 1. The van der Waals surface area contributed by atoms with Gasteiger partial charge in [0.1, 0.15) is 0 Å². The minimum atomic E-state index is 0.278. The number of ether oxygens (including phenoxy) is 1. The fourth-order valence-corrected chi connectivity index (χ4v) is 1.85. The minimum Gasteiger partial charge on any atom is -0.407 e. The fraction of sp³-hybridized carbons (Fsp3) is 0.778. The summed E-state index contributed by atoms with van der Waals surface area (Å²) in [7, 11) is 1.74. The maximum absolute atomic E-state index is 5.37. The average Bonchev–Trinajstić information content (AvgIpc) is 2.87. The van der Waals surface area contributed by atoms with Crippen molar-refractivity contribution in [1.82, 2.24) is 10.2 Å². The highest BCUT2D eigenvalue weighted by Gasteiger charge is 2.25. The molecule has 1 aliphatic carbocycles. The molecular weight excluding hydrogens is 196 g/mol. The molecule has 6 heteroatoms. The molecule has 1 aliphatic rings. The van der Waals surface area contributed by atoms with Crippen LogP contribution in [0.2, 0.25) is 0 Å². The zero-order valence-corrected chi connectivity index (χ0v) is 8.77. The Kier molecular flexibility index (Phi) is 3.17. The molecular formula is C9H16N4O2. The van der Waals surface area contributed by atoms with Gasteiger partial charge in [-0.3, -0.25) is 0 Å². The summed E-state index contributed by atoms with van der Waals surface area (Å²) in [6, 6.07) is 0.818. The molecule has 1 heterocycles. The third-order valence-electron chi connectivity index (χ3n) is 2.69. The van der Waals surface area contributed by atoms with E-state index in [0.717, 1.165) is 19.3 Å². The highest BCUT2D eigenvalue weighted by molar-refractivity contribution is 5.20.